The van der Waals surface area contributed by atoms with E-state index in [1.807, 2.05) is 6.20 Å². The molecule has 1 aromatic carbocycles. The van der Waals surface area contributed by atoms with Gasteiger partial charge in [0.25, 0.3) is 0 Å². The zero-order valence-electron chi connectivity index (χ0n) is 16.3. The zero-order valence-corrected chi connectivity index (χ0v) is 16.3. The molecule has 1 aliphatic rings. The standard InChI is InChI=1S/C21H31N5/c1-17-8-10-18(11-9-17)19-16-23-21(22-12-15-25(2)3)24-20(19)26-13-6-4-5-7-14-26/h8-11,16H,4-7,12-15H2,1-3H3,(H,22,23,24). The van der Waals surface area contributed by atoms with Crippen LogP contribution in [-0.2, 0) is 0 Å². The van der Waals surface area contributed by atoms with Crippen molar-refractivity contribution in [1.29, 1.82) is 0 Å². The van der Waals surface area contributed by atoms with Gasteiger partial charge in [0.05, 0.1) is 0 Å². The van der Waals surface area contributed by atoms with Gasteiger partial charge in [0.1, 0.15) is 5.82 Å². The van der Waals surface area contributed by atoms with Crippen LogP contribution in [0.2, 0.25) is 0 Å². The van der Waals surface area contributed by atoms with Gasteiger partial charge in [-0.1, -0.05) is 42.7 Å². The first-order chi connectivity index (χ1) is 12.6. The number of hydrogen-bond acceptors (Lipinski definition) is 5. The number of aromatic nitrogens is 2. The van der Waals surface area contributed by atoms with E-state index in [1.54, 1.807) is 0 Å². The fraction of sp³-hybridized carbons (Fsp3) is 0.524. The fourth-order valence-corrected chi connectivity index (χ4v) is 3.31. The van der Waals surface area contributed by atoms with Gasteiger partial charge in [0.2, 0.25) is 5.95 Å². The molecule has 0 bridgehead atoms. The highest BCUT2D eigenvalue weighted by atomic mass is 15.2. The summed E-state index contributed by atoms with van der Waals surface area (Å²) >= 11 is 0. The van der Waals surface area contributed by atoms with Crippen LogP contribution < -0.4 is 10.2 Å². The molecule has 0 atom stereocenters. The predicted molar refractivity (Wildman–Crippen MR) is 110 cm³/mol. The smallest absolute Gasteiger partial charge is 0.224 e. The first-order valence-electron chi connectivity index (χ1n) is 9.71. The summed E-state index contributed by atoms with van der Waals surface area (Å²) in [6.07, 6.45) is 7.09. The van der Waals surface area contributed by atoms with Crippen LogP contribution in [-0.4, -0.2) is 55.1 Å². The lowest BCUT2D eigenvalue weighted by Crippen LogP contribution is -2.27. The average molecular weight is 354 g/mol. The Kier molecular flexibility index (Phi) is 6.45. The lowest BCUT2D eigenvalue weighted by molar-refractivity contribution is 0.425. The van der Waals surface area contributed by atoms with Crippen molar-refractivity contribution in [2.75, 3.05) is 50.5 Å². The van der Waals surface area contributed by atoms with Crippen LogP contribution in [0.5, 0.6) is 0 Å². The average Bonchev–Trinajstić information content (AvgIpc) is 2.91. The molecule has 0 unspecified atom stereocenters. The second-order valence-corrected chi connectivity index (χ2v) is 7.43. The number of rotatable bonds is 6. The molecule has 5 heteroatoms. The lowest BCUT2D eigenvalue weighted by Gasteiger charge is -2.24. The van der Waals surface area contributed by atoms with Gasteiger partial charge in [0, 0.05) is 37.9 Å². The third-order valence-corrected chi connectivity index (χ3v) is 4.88. The van der Waals surface area contributed by atoms with Crippen molar-refractivity contribution in [2.45, 2.75) is 32.6 Å². The number of nitrogens with one attached hydrogen (secondary N) is 1. The maximum absolute atomic E-state index is 4.92. The third-order valence-electron chi connectivity index (χ3n) is 4.88. The molecule has 0 amide bonds. The van der Waals surface area contributed by atoms with E-state index in [-0.39, 0.29) is 0 Å². The van der Waals surface area contributed by atoms with E-state index in [0.29, 0.717) is 0 Å². The maximum Gasteiger partial charge on any atom is 0.224 e. The van der Waals surface area contributed by atoms with E-state index in [9.17, 15) is 0 Å². The van der Waals surface area contributed by atoms with E-state index in [2.05, 4.69) is 65.4 Å². The Morgan fingerprint density at radius 3 is 2.38 bits per heavy atom. The molecule has 1 aliphatic heterocycles. The van der Waals surface area contributed by atoms with Gasteiger partial charge in [-0.05, 0) is 39.4 Å². The van der Waals surface area contributed by atoms with Crippen LogP contribution in [0.15, 0.2) is 30.5 Å². The summed E-state index contributed by atoms with van der Waals surface area (Å²) in [6.45, 7) is 6.08. The summed E-state index contributed by atoms with van der Waals surface area (Å²) in [4.78, 5) is 14.1. The van der Waals surface area contributed by atoms with Gasteiger partial charge < -0.3 is 15.1 Å². The summed E-state index contributed by atoms with van der Waals surface area (Å²) in [7, 11) is 4.15. The van der Waals surface area contributed by atoms with Gasteiger partial charge in [-0.2, -0.15) is 4.98 Å². The zero-order chi connectivity index (χ0) is 18.4. The molecule has 0 spiro atoms. The Morgan fingerprint density at radius 2 is 1.73 bits per heavy atom. The Bertz CT molecular complexity index is 688. The Hall–Kier alpha value is -2.14. The van der Waals surface area contributed by atoms with Gasteiger partial charge in [0.15, 0.2) is 0 Å². The molecule has 0 saturated carbocycles. The minimum absolute atomic E-state index is 0.724. The SMILES string of the molecule is Cc1ccc(-c2cnc(NCCN(C)C)nc2N2CCCCCC2)cc1. The molecule has 26 heavy (non-hydrogen) atoms. The number of hydrogen-bond donors (Lipinski definition) is 1. The summed E-state index contributed by atoms with van der Waals surface area (Å²) in [5.41, 5.74) is 3.59. The molecule has 1 fully saturated rings. The molecule has 1 aromatic heterocycles. The van der Waals surface area contributed by atoms with Crippen molar-refractivity contribution < 1.29 is 0 Å². The van der Waals surface area contributed by atoms with Crippen LogP contribution in [0.4, 0.5) is 11.8 Å². The maximum atomic E-state index is 4.92. The van der Waals surface area contributed by atoms with Crippen molar-refractivity contribution in [1.82, 2.24) is 14.9 Å². The van der Waals surface area contributed by atoms with E-state index in [0.717, 1.165) is 43.5 Å². The summed E-state index contributed by atoms with van der Waals surface area (Å²) in [6, 6.07) is 8.67. The second kappa shape index (κ2) is 8.99. The number of nitrogens with zero attached hydrogens (tertiary/aromatic N) is 4. The van der Waals surface area contributed by atoms with E-state index in [1.165, 1.54) is 36.8 Å². The highest BCUT2D eigenvalue weighted by Gasteiger charge is 2.17. The van der Waals surface area contributed by atoms with Crippen molar-refractivity contribution in [3.05, 3.63) is 36.0 Å². The molecular formula is C21H31N5. The minimum atomic E-state index is 0.724. The molecule has 0 aliphatic carbocycles. The monoisotopic (exact) mass is 353 g/mol. The summed E-state index contributed by atoms with van der Waals surface area (Å²) in [5.74, 6) is 1.79. The number of anilines is 2. The second-order valence-electron chi connectivity index (χ2n) is 7.43. The van der Waals surface area contributed by atoms with Crippen molar-refractivity contribution in [2.24, 2.45) is 0 Å². The first-order valence-corrected chi connectivity index (χ1v) is 9.71. The van der Waals surface area contributed by atoms with E-state index >= 15 is 0 Å². The third kappa shape index (κ3) is 4.94. The number of aryl methyl sites for hydroxylation is 1. The van der Waals surface area contributed by atoms with E-state index in [4.69, 9.17) is 4.98 Å². The Morgan fingerprint density at radius 1 is 1.04 bits per heavy atom. The highest BCUT2D eigenvalue weighted by molar-refractivity contribution is 5.76. The fourth-order valence-electron chi connectivity index (χ4n) is 3.31. The molecule has 0 radical (unpaired) electrons. The van der Waals surface area contributed by atoms with Crippen LogP contribution in [0, 0.1) is 6.92 Å². The van der Waals surface area contributed by atoms with Crippen LogP contribution in [0.1, 0.15) is 31.2 Å². The highest BCUT2D eigenvalue weighted by Crippen LogP contribution is 2.31. The van der Waals surface area contributed by atoms with Crippen LogP contribution >= 0.6 is 0 Å². The van der Waals surface area contributed by atoms with Crippen LogP contribution in [0.3, 0.4) is 0 Å². The van der Waals surface area contributed by atoms with Crippen molar-refractivity contribution in [3.8, 4) is 11.1 Å². The van der Waals surface area contributed by atoms with Crippen molar-refractivity contribution >= 4 is 11.8 Å². The lowest BCUT2D eigenvalue weighted by atomic mass is 10.1. The summed E-state index contributed by atoms with van der Waals surface area (Å²) in [5, 5.41) is 3.37. The molecule has 2 heterocycles. The number of benzene rings is 1. The quantitative estimate of drug-likeness (QED) is 0.856. The van der Waals surface area contributed by atoms with Gasteiger partial charge >= 0.3 is 0 Å². The largest absolute Gasteiger partial charge is 0.356 e. The molecule has 5 nitrogen and oxygen atoms in total. The first kappa shape index (κ1) is 18.6. The summed E-state index contributed by atoms with van der Waals surface area (Å²) < 4.78 is 0. The molecule has 3 rings (SSSR count). The molecule has 1 saturated heterocycles. The topological polar surface area (TPSA) is 44.3 Å². The van der Waals surface area contributed by atoms with Crippen LogP contribution in [0.25, 0.3) is 11.1 Å². The molecule has 1 N–H and O–H groups in total. The Labute approximate surface area is 157 Å². The molecule has 140 valence electrons. The molecule has 2 aromatic rings. The minimum Gasteiger partial charge on any atom is -0.356 e. The Balaban J connectivity index is 1.90. The van der Waals surface area contributed by atoms with Crippen molar-refractivity contribution in [3.63, 3.8) is 0 Å². The van der Waals surface area contributed by atoms with Gasteiger partial charge in [-0.25, -0.2) is 4.98 Å². The predicted octanol–water partition coefficient (Wildman–Crippen LogP) is 3.81. The molecular weight excluding hydrogens is 322 g/mol. The normalized spacial score (nSPS) is 15.2. The number of likely N-dealkylation sites (N-methyl/N-ethyl adjacent to an activating group) is 1. The van der Waals surface area contributed by atoms with Gasteiger partial charge in [-0.3, -0.25) is 0 Å². The van der Waals surface area contributed by atoms with Gasteiger partial charge in [-0.15, -0.1) is 0 Å². The van der Waals surface area contributed by atoms with E-state index < -0.39 is 0 Å².